The Hall–Kier alpha value is -3.03. The van der Waals surface area contributed by atoms with Crippen LogP contribution in [0.5, 0.6) is 11.5 Å². The molecule has 2 aliphatic heterocycles. The molecule has 0 unspecified atom stereocenters. The van der Waals surface area contributed by atoms with Crippen LogP contribution in [0.3, 0.4) is 0 Å². The number of rotatable bonds is 6. The summed E-state index contributed by atoms with van der Waals surface area (Å²) < 4.78 is 12.9. The summed E-state index contributed by atoms with van der Waals surface area (Å²) in [5, 5.41) is 7.05. The molecule has 0 spiro atoms. The number of fused-ring (bicyclic) bond motifs is 1. The molecule has 8 nitrogen and oxygen atoms in total. The smallest absolute Gasteiger partial charge is 0.227 e. The van der Waals surface area contributed by atoms with Gasteiger partial charge in [0.05, 0.1) is 5.92 Å². The molecular weight excluding hydrogens is 348 g/mol. The van der Waals surface area contributed by atoms with Gasteiger partial charge in [0.25, 0.3) is 0 Å². The average molecular weight is 370 g/mol. The zero-order valence-corrected chi connectivity index (χ0v) is 15.0. The van der Waals surface area contributed by atoms with Crippen molar-refractivity contribution in [3.63, 3.8) is 0 Å². The molecule has 0 aliphatic carbocycles. The molecule has 1 aromatic carbocycles. The minimum Gasteiger partial charge on any atom is -0.486 e. The molecule has 0 saturated carbocycles. The third-order valence-corrected chi connectivity index (χ3v) is 4.76. The molecule has 2 aromatic rings. The van der Waals surface area contributed by atoms with Gasteiger partial charge in [-0.1, -0.05) is 0 Å². The van der Waals surface area contributed by atoms with E-state index < -0.39 is 0 Å². The lowest BCUT2D eigenvalue weighted by Gasteiger charge is -2.22. The van der Waals surface area contributed by atoms with Crippen LogP contribution in [-0.4, -0.2) is 47.9 Å². The number of aromatic nitrogens is 2. The predicted molar refractivity (Wildman–Crippen MR) is 97.7 cm³/mol. The number of carbonyl (C=O) groups is 2. The largest absolute Gasteiger partial charge is 0.486 e. The molecule has 1 aromatic heterocycles. The molecule has 2 aliphatic rings. The molecule has 0 radical (unpaired) electrons. The quantitative estimate of drug-likeness (QED) is 0.773. The van der Waals surface area contributed by atoms with Crippen molar-refractivity contribution in [1.82, 2.24) is 15.1 Å². The van der Waals surface area contributed by atoms with Gasteiger partial charge in [-0.15, -0.1) is 0 Å². The number of amides is 2. The van der Waals surface area contributed by atoms with Gasteiger partial charge < -0.3 is 19.7 Å². The highest BCUT2D eigenvalue weighted by molar-refractivity contribution is 6.00. The third kappa shape index (κ3) is 3.89. The number of hydrogen-bond donors (Lipinski definition) is 1. The third-order valence-electron chi connectivity index (χ3n) is 4.76. The van der Waals surface area contributed by atoms with E-state index in [4.69, 9.17) is 9.47 Å². The summed E-state index contributed by atoms with van der Waals surface area (Å²) in [4.78, 5) is 26.5. The number of anilines is 1. The van der Waals surface area contributed by atoms with Crippen LogP contribution < -0.4 is 19.7 Å². The van der Waals surface area contributed by atoms with E-state index >= 15 is 0 Å². The van der Waals surface area contributed by atoms with Crippen LogP contribution in [0.1, 0.15) is 12.8 Å². The number of aryl methyl sites for hydroxylation is 1. The molecule has 142 valence electrons. The predicted octanol–water partition coefficient (Wildman–Crippen LogP) is 1.21. The zero-order chi connectivity index (χ0) is 18.6. The van der Waals surface area contributed by atoms with Crippen LogP contribution >= 0.6 is 0 Å². The Morgan fingerprint density at radius 1 is 1.26 bits per heavy atom. The Labute approximate surface area is 157 Å². The van der Waals surface area contributed by atoms with E-state index in [9.17, 15) is 9.59 Å². The fraction of sp³-hybridized carbons (Fsp3) is 0.421. The monoisotopic (exact) mass is 370 g/mol. The van der Waals surface area contributed by atoms with Gasteiger partial charge in [0.15, 0.2) is 11.5 Å². The number of nitrogens with one attached hydrogen (secondary N) is 1. The first-order valence-electron chi connectivity index (χ1n) is 9.16. The molecular formula is C19H22N4O4. The van der Waals surface area contributed by atoms with Gasteiger partial charge in [-0.2, -0.15) is 5.10 Å². The highest BCUT2D eigenvalue weighted by atomic mass is 16.6. The lowest BCUT2D eigenvalue weighted by Crippen LogP contribution is -2.33. The number of ether oxygens (including phenoxy) is 2. The van der Waals surface area contributed by atoms with Crippen molar-refractivity contribution in [2.45, 2.75) is 19.4 Å². The topological polar surface area (TPSA) is 85.7 Å². The maximum Gasteiger partial charge on any atom is 0.227 e. The van der Waals surface area contributed by atoms with Crippen LogP contribution in [-0.2, 0) is 16.1 Å². The molecule has 1 atom stereocenters. The summed E-state index contributed by atoms with van der Waals surface area (Å²) in [6.07, 6.45) is 4.64. The van der Waals surface area contributed by atoms with E-state index in [0.717, 1.165) is 18.7 Å². The molecule has 4 rings (SSSR count). The summed E-state index contributed by atoms with van der Waals surface area (Å²) in [5.41, 5.74) is 0.734. The van der Waals surface area contributed by atoms with Gasteiger partial charge in [-0.05, 0) is 24.6 Å². The molecule has 1 N–H and O–H groups in total. The lowest BCUT2D eigenvalue weighted by molar-refractivity contribution is -0.126. The van der Waals surface area contributed by atoms with Crippen molar-refractivity contribution >= 4 is 17.5 Å². The van der Waals surface area contributed by atoms with Crippen molar-refractivity contribution in [3.05, 3.63) is 36.7 Å². The maximum absolute atomic E-state index is 12.4. The van der Waals surface area contributed by atoms with E-state index in [-0.39, 0.29) is 24.2 Å². The van der Waals surface area contributed by atoms with Crippen molar-refractivity contribution in [2.75, 3.05) is 31.2 Å². The lowest BCUT2D eigenvalue weighted by atomic mass is 10.1. The Bertz CT molecular complexity index is 821. The number of benzene rings is 1. The van der Waals surface area contributed by atoms with Crippen molar-refractivity contribution in [3.8, 4) is 11.5 Å². The van der Waals surface area contributed by atoms with E-state index in [1.54, 1.807) is 23.2 Å². The van der Waals surface area contributed by atoms with Gasteiger partial charge in [-0.3, -0.25) is 14.3 Å². The van der Waals surface area contributed by atoms with Crippen LogP contribution in [0.2, 0.25) is 0 Å². The van der Waals surface area contributed by atoms with Gasteiger partial charge in [0.1, 0.15) is 13.2 Å². The number of nitrogens with zero attached hydrogens (tertiary/aromatic N) is 3. The standard InChI is InChI=1S/C19H22N4O4/c24-18-11-14(19(25)20-5-1-7-22-8-2-6-21-22)13-23(18)15-3-4-16-17(12-15)27-10-9-26-16/h2-4,6,8,12,14H,1,5,7,9-11,13H2,(H,20,25)/t14-/m1/s1. The SMILES string of the molecule is O=C(NCCCn1cccn1)[C@@H]1CC(=O)N(c2ccc3c(c2)OCCO3)C1. The summed E-state index contributed by atoms with van der Waals surface area (Å²) in [5.74, 6) is 0.851. The fourth-order valence-electron chi connectivity index (χ4n) is 3.36. The summed E-state index contributed by atoms with van der Waals surface area (Å²) in [6.45, 7) is 2.71. The first-order valence-corrected chi connectivity index (χ1v) is 9.16. The average Bonchev–Trinajstić information content (AvgIpc) is 3.34. The number of carbonyl (C=O) groups excluding carboxylic acids is 2. The zero-order valence-electron chi connectivity index (χ0n) is 15.0. The minimum atomic E-state index is -0.338. The summed E-state index contributed by atoms with van der Waals surface area (Å²) in [7, 11) is 0. The first kappa shape index (κ1) is 17.4. The molecule has 1 saturated heterocycles. The molecule has 0 bridgehead atoms. The number of hydrogen-bond acceptors (Lipinski definition) is 5. The molecule has 1 fully saturated rings. The van der Waals surface area contributed by atoms with Crippen molar-refractivity contribution in [1.29, 1.82) is 0 Å². The second-order valence-electron chi connectivity index (χ2n) is 6.65. The maximum atomic E-state index is 12.4. The highest BCUT2D eigenvalue weighted by Gasteiger charge is 2.35. The van der Waals surface area contributed by atoms with Crippen LogP contribution in [0, 0.1) is 5.92 Å². The highest BCUT2D eigenvalue weighted by Crippen LogP contribution is 2.35. The summed E-state index contributed by atoms with van der Waals surface area (Å²) >= 11 is 0. The van der Waals surface area contributed by atoms with E-state index in [1.807, 2.05) is 23.0 Å². The van der Waals surface area contributed by atoms with Crippen molar-refractivity contribution in [2.24, 2.45) is 5.92 Å². The second-order valence-corrected chi connectivity index (χ2v) is 6.65. The van der Waals surface area contributed by atoms with E-state index in [0.29, 0.717) is 37.8 Å². The summed E-state index contributed by atoms with van der Waals surface area (Å²) in [6, 6.07) is 7.31. The Kier molecular flexibility index (Phi) is 4.95. The normalized spacial score (nSPS) is 18.6. The van der Waals surface area contributed by atoms with Gasteiger partial charge in [0.2, 0.25) is 11.8 Å². The minimum absolute atomic E-state index is 0.0524. The van der Waals surface area contributed by atoms with Crippen LogP contribution in [0.15, 0.2) is 36.7 Å². The van der Waals surface area contributed by atoms with E-state index in [1.165, 1.54) is 0 Å². The van der Waals surface area contributed by atoms with Gasteiger partial charge in [0, 0.05) is 50.2 Å². The van der Waals surface area contributed by atoms with Gasteiger partial charge in [-0.25, -0.2) is 0 Å². The van der Waals surface area contributed by atoms with Gasteiger partial charge >= 0.3 is 0 Å². The van der Waals surface area contributed by atoms with Crippen LogP contribution in [0.4, 0.5) is 5.69 Å². The molecule has 27 heavy (non-hydrogen) atoms. The molecule has 3 heterocycles. The first-order chi connectivity index (χ1) is 13.2. The molecule has 8 heteroatoms. The van der Waals surface area contributed by atoms with Crippen LogP contribution in [0.25, 0.3) is 0 Å². The molecule has 2 amide bonds. The Balaban J connectivity index is 1.31. The van der Waals surface area contributed by atoms with E-state index in [2.05, 4.69) is 10.4 Å². The fourth-order valence-corrected chi connectivity index (χ4v) is 3.36. The Morgan fingerprint density at radius 3 is 2.93 bits per heavy atom. The second kappa shape index (κ2) is 7.69. The Morgan fingerprint density at radius 2 is 2.11 bits per heavy atom. The van der Waals surface area contributed by atoms with Crippen molar-refractivity contribution < 1.29 is 19.1 Å².